The fourth-order valence-electron chi connectivity index (χ4n) is 0.570. The summed E-state index contributed by atoms with van der Waals surface area (Å²) in [6.45, 7) is 5.62. The van der Waals surface area contributed by atoms with Crippen LogP contribution in [0.15, 0.2) is 0 Å². The number of aliphatic hydroxyl groups is 1. The lowest BCUT2D eigenvalue weighted by molar-refractivity contribution is -0.218. The zero-order valence-electron chi connectivity index (χ0n) is 7.20. The molecule has 4 heteroatoms. The van der Waals surface area contributed by atoms with Gasteiger partial charge >= 0.3 is 0 Å². The third-order valence-electron chi connectivity index (χ3n) is 0.829. The third-order valence-corrected chi connectivity index (χ3v) is 0.829. The molecule has 11 heavy (non-hydrogen) atoms. The molecule has 66 valence electrons. The summed E-state index contributed by atoms with van der Waals surface area (Å²) in [7, 11) is 0. The van der Waals surface area contributed by atoms with Crippen molar-refractivity contribution in [2.45, 2.75) is 26.4 Å². The maximum absolute atomic E-state index is 10.3. The van der Waals surface area contributed by atoms with E-state index in [1.165, 1.54) is 0 Å². The van der Waals surface area contributed by atoms with Gasteiger partial charge in [0.15, 0.2) is 0 Å². The van der Waals surface area contributed by atoms with Crippen LogP contribution in [0.4, 0.5) is 0 Å². The number of carbonyl (C=O) groups is 1. The second-order valence-corrected chi connectivity index (χ2v) is 3.17. The zero-order chi connectivity index (χ0) is 8.91. The maximum Gasteiger partial charge on any atom is 0.233 e. The van der Waals surface area contributed by atoms with E-state index < -0.39 is 5.60 Å². The summed E-state index contributed by atoms with van der Waals surface area (Å²) in [6.07, 6.45) is 0.557. The Morgan fingerprint density at radius 1 is 1.55 bits per heavy atom. The molecule has 0 bridgehead atoms. The predicted molar refractivity (Wildman–Crippen MR) is 40.7 cm³/mol. The molecule has 4 nitrogen and oxygen atoms in total. The molecule has 0 aromatic heterocycles. The second-order valence-electron chi connectivity index (χ2n) is 3.17. The number of nitrogens with zero attached hydrogens (tertiary/aromatic N) is 1. The first kappa shape index (κ1) is 10.4. The number of amides is 1. The molecule has 0 saturated heterocycles. The normalized spacial score (nSPS) is 11.3. The van der Waals surface area contributed by atoms with E-state index in [0.29, 0.717) is 6.41 Å². The van der Waals surface area contributed by atoms with Gasteiger partial charge in [-0.25, -0.2) is 5.06 Å². The van der Waals surface area contributed by atoms with E-state index >= 15 is 0 Å². The molecule has 0 rings (SSSR count). The predicted octanol–water partition coefficient (Wildman–Crippen LogP) is 0.167. The van der Waals surface area contributed by atoms with Crippen LogP contribution in [-0.2, 0) is 9.63 Å². The summed E-state index contributed by atoms with van der Waals surface area (Å²) in [5.41, 5.74) is -0.393. The quantitative estimate of drug-likeness (QED) is 0.472. The van der Waals surface area contributed by atoms with Gasteiger partial charge in [-0.15, -0.1) is 0 Å². The van der Waals surface area contributed by atoms with Gasteiger partial charge in [0, 0.05) is 0 Å². The number of carbonyl (C=O) groups excluding carboxylic acids is 1. The van der Waals surface area contributed by atoms with E-state index in [9.17, 15) is 4.79 Å². The standard InChI is InChI=1S/C7H15NO3/c1-7(2,3)11-8(6-10)4-5-9/h6,9H,4-5H2,1-3H3. The van der Waals surface area contributed by atoms with Crippen LogP contribution < -0.4 is 0 Å². The highest BCUT2D eigenvalue weighted by Crippen LogP contribution is 2.07. The fraction of sp³-hybridized carbons (Fsp3) is 0.857. The number of aliphatic hydroxyl groups excluding tert-OH is 1. The summed E-state index contributed by atoms with van der Waals surface area (Å²) in [5.74, 6) is 0. The van der Waals surface area contributed by atoms with Gasteiger partial charge in [0.25, 0.3) is 0 Å². The first-order valence-corrected chi connectivity index (χ1v) is 3.51. The van der Waals surface area contributed by atoms with Crippen LogP contribution in [0.2, 0.25) is 0 Å². The lowest BCUT2D eigenvalue weighted by Crippen LogP contribution is -2.34. The summed E-state index contributed by atoms with van der Waals surface area (Å²) < 4.78 is 0. The molecule has 0 aliphatic rings. The minimum atomic E-state index is -0.393. The summed E-state index contributed by atoms with van der Waals surface area (Å²) in [4.78, 5) is 15.4. The zero-order valence-corrected chi connectivity index (χ0v) is 7.20. The Labute approximate surface area is 66.7 Å². The first-order chi connectivity index (χ1) is 4.99. The molecule has 1 amide bonds. The minimum Gasteiger partial charge on any atom is -0.394 e. The van der Waals surface area contributed by atoms with E-state index in [0.717, 1.165) is 5.06 Å². The van der Waals surface area contributed by atoms with Crippen molar-refractivity contribution in [3.8, 4) is 0 Å². The van der Waals surface area contributed by atoms with Crippen molar-refractivity contribution < 1.29 is 14.7 Å². The smallest absolute Gasteiger partial charge is 0.233 e. The van der Waals surface area contributed by atoms with Crippen LogP contribution >= 0.6 is 0 Å². The second kappa shape index (κ2) is 4.31. The molecule has 1 N–H and O–H groups in total. The molecule has 0 saturated carbocycles. The van der Waals surface area contributed by atoms with Gasteiger partial charge in [0.05, 0.1) is 18.8 Å². The van der Waals surface area contributed by atoms with Gasteiger partial charge in [0.2, 0.25) is 6.41 Å². The van der Waals surface area contributed by atoms with Gasteiger partial charge in [-0.05, 0) is 20.8 Å². The fourth-order valence-corrected chi connectivity index (χ4v) is 0.570. The average Bonchev–Trinajstić information content (AvgIpc) is 1.84. The van der Waals surface area contributed by atoms with Crippen LogP contribution in [0.25, 0.3) is 0 Å². The molecule has 0 aliphatic heterocycles. The van der Waals surface area contributed by atoms with Gasteiger partial charge in [-0.3, -0.25) is 9.63 Å². The van der Waals surface area contributed by atoms with Crippen molar-refractivity contribution in [3.63, 3.8) is 0 Å². The lowest BCUT2D eigenvalue weighted by atomic mass is 10.2. The number of rotatable bonds is 4. The highest BCUT2D eigenvalue weighted by molar-refractivity contribution is 5.44. The van der Waals surface area contributed by atoms with Crippen LogP contribution in [-0.4, -0.2) is 35.3 Å². The highest BCUT2D eigenvalue weighted by Gasteiger charge is 2.14. The van der Waals surface area contributed by atoms with Crippen LogP contribution in [0.1, 0.15) is 20.8 Å². The van der Waals surface area contributed by atoms with Crippen molar-refractivity contribution in [1.82, 2.24) is 5.06 Å². The molecule has 0 fully saturated rings. The molecule has 0 heterocycles. The molecular formula is C7H15NO3. The lowest BCUT2D eigenvalue weighted by Gasteiger charge is -2.25. The van der Waals surface area contributed by atoms with E-state index in [4.69, 9.17) is 9.94 Å². The monoisotopic (exact) mass is 161 g/mol. The molecule has 0 aromatic rings. The molecule has 0 radical (unpaired) electrons. The van der Waals surface area contributed by atoms with Crippen LogP contribution in [0.3, 0.4) is 0 Å². The number of hydrogen-bond donors (Lipinski definition) is 1. The van der Waals surface area contributed by atoms with Gasteiger partial charge < -0.3 is 5.11 Å². The van der Waals surface area contributed by atoms with Crippen molar-refractivity contribution in [2.75, 3.05) is 13.2 Å². The Bertz CT molecular complexity index is 119. The van der Waals surface area contributed by atoms with Gasteiger partial charge in [-0.2, -0.15) is 0 Å². The molecular weight excluding hydrogens is 146 g/mol. The first-order valence-electron chi connectivity index (χ1n) is 3.51. The van der Waals surface area contributed by atoms with Crippen molar-refractivity contribution in [2.24, 2.45) is 0 Å². The molecule has 0 spiro atoms. The highest BCUT2D eigenvalue weighted by atomic mass is 16.7. The van der Waals surface area contributed by atoms with Crippen molar-refractivity contribution in [3.05, 3.63) is 0 Å². The Hall–Kier alpha value is -0.610. The SMILES string of the molecule is CC(C)(C)ON(C=O)CCO. The molecule has 0 aliphatic carbocycles. The van der Waals surface area contributed by atoms with Crippen molar-refractivity contribution in [1.29, 1.82) is 0 Å². The van der Waals surface area contributed by atoms with Gasteiger partial charge in [0.1, 0.15) is 0 Å². The van der Waals surface area contributed by atoms with Crippen LogP contribution in [0.5, 0.6) is 0 Å². The third kappa shape index (κ3) is 5.82. The Kier molecular flexibility index (Phi) is 4.07. The van der Waals surface area contributed by atoms with Gasteiger partial charge in [-0.1, -0.05) is 0 Å². The van der Waals surface area contributed by atoms with E-state index in [1.807, 2.05) is 20.8 Å². The summed E-state index contributed by atoms with van der Waals surface area (Å²) in [5, 5.41) is 9.57. The summed E-state index contributed by atoms with van der Waals surface area (Å²) >= 11 is 0. The number of hydroxylamine groups is 2. The minimum absolute atomic E-state index is 0.0885. The Morgan fingerprint density at radius 2 is 2.09 bits per heavy atom. The molecule has 0 unspecified atom stereocenters. The number of hydrogen-bond acceptors (Lipinski definition) is 3. The van der Waals surface area contributed by atoms with E-state index in [-0.39, 0.29) is 13.2 Å². The Balaban J connectivity index is 3.77. The molecule has 0 atom stereocenters. The molecule has 0 aromatic carbocycles. The summed E-state index contributed by atoms with van der Waals surface area (Å²) in [6, 6.07) is 0. The topological polar surface area (TPSA) is 49.8 Å². The Morgan fingerprint density at radius 3 is 2.36 bits per heavy atom. The van der Waals surface area contributed by atoms with E-state index in [2.05, 4.69) is 0 Å². The van der Waals surface area contributed by atoms with E-state index in [1.54, 1.807) is 0 Å². The maximum atomic E-state index is 10.3. The average molecular weight is 161 g/mol. The largest absolute Gasteiger partial charge is 0.394 e. The van der Waals surface area contributed by atoms with Crippen molar-refractivity contribution >= 4 is 6.41 Å². The van der Waals surface area contributed by atoms with Crippen LogP contribution in [0, 0.1) is 0 Å².